The second kappa shape index (κ2) is 4.62. The Kier molecular flexibility index (Phi) is 3.07. The van der Waals surface area contributed by atoms with Gasteiger partial charge in [-0.15, -0.1) is 11.3 Å². The van der Waals surface area contributed by atoms with Crippen LogP contribution in [0.2, 0.25) is 0 Å². The second-order valence-electron chi connectivity index (χ2n) is 4.50. The van der Waals surface area contributed by atoms with Crippen molar-refractivity contribution >= 4 is 44.0 Å². The summed E-state index contributed by atoms with van der Waals surface area (Å²) in [7, 11) is 0. The number of furan rings is 1. The van der Waals surface area contributed by atoms with Crippen molar-refractivity contribution in [1.82, 2.24) is 0 Å². The van der Waals surface area contributed by atoms with Crippen LogP contribution in [0.3, 0.4) is 0 Å². The number of rotatable bonds is 2. The fourth-order valence-corrected chi connectivity index (χ4v) is 3.49. The molecule has 0 bridgehead atoms. The van der Waals surface area contributed by atoms with Crippen molar-refractivity contribution in [2.45, 2.75) is 13.8 Å². The van der Waals surface area contributed by atoms with Crippen molar-refractivity contribution in [3.05, 3.63) is 55.9 Å². The summed E-state index contributed by atoms with van der Waals surface area (Å²) in [6.45, 7) is 3.95. The Bertz CT molecular complexity index is 763. The van der Waals surface area contributed by atoms with Crippen LogP contribution in [0.5, 0.6) is 0 Å². The maximum absolute atomic E-state index is 12.4. The van der Waals surface area contributed by atoms with Crippen LogP contribution < -0.4 is 0 Å². The molecule has 0 aliphatic rings. The summed E-state index contributed by atoms with van der Waals surface area (Å²) >= 11 is 4.88. The zero-order chi connectivity index (χ0) is 13.6. The molecule has 3 rings (SSSR count). The molecule has 2 heterocycles. The van der Waals surface area contributed by atoms with Crippen LogP contribution in [-0.2, 0) is 0 Å². The van der Waals surface area contributed by atoms with E-state index >= 15 is 0 Å². The lowest BCUT2D eigenvalue weighted by Gasteiger charge is -1.93. The monoisotopic (exact) mass is 334 g/mol. The number of fused-ring (bicyclic) bond motifs is 1. The van der Waals surface area contributed by atoms with Crippen molar-refractivity contribution in [2.24, 2.45) is 0 Å². The molecule has 0 fully saturated rings. The average molecular weight is 335 g/mol. The van der Waals surface area contributed by atoms with Crippen molar-refractivity contribution in [3.8, 4) is 0 Å². The molecule has 2 aromatic heterocycles. The maximum Gasteiger partial charge on any atom is 0.238 e. The van der Waals surface area contributed by atoms with Gasteiger partial charge in [0.05, 0.1) is 8.66 Å². The minimum absolute atomic E-state index is 0.0607. The van der Waals surface area contributed by atoms with Crippen molar-refractivity contribution in [3.63, 3.8) is 0 Å². The maximum atomic E-state index is 12.4. The first kappa shape index (κ1) is 12.6. The van der Waals surface area contributed by atoms with Gasteiger partial charge in [0.25, 0.3) is 0 Å². The minimum Gasteiger partial charge on any atom is -0.452 e. The predicted octanol–water partition coefficient (Wildman–Crippen LogP) is 5.10. The third kappa shape index (κ3) is 2.15. The number of carbonyl (C=O) groups excluding carboxylic acids is 1. The van der Waals surface area contributed by atoms with Gasteiger partial charge in [0.1, 0.15) is 5.58 Å². The van der Waals surface area contributed by atoms with Gasteiger partial charge in [-0.1, -0.05) is 18.2 Å². The molecule has 96 valence electrons. The Morgan fingerprint density at radius 2 is 2.00 bits per heavy atom. The van der Waals surface area contributed by atoms with E-state index in [0.717, 1.165) is 25.9 Å². The highest BCUT2D eigenvalue weighted by Gasteiger charge is 2.18. The zero-order valence-corrected chi connectivity index (χ0v) is 12.9. The van der Waals surface area contributed by atoms with E-state index in [2.05, 4.69) is 15.9 Å². The topological polar surface area (TPSA) is 30.2 Å². The smallest absolute Gasteiger partial charge is 0.238 e. The summed E-state index contributed by atoms with van der Waals surface area (Å²) in [5, 5.41) is 0.968. The Labute approximate surface area is 123 Å². The van der Waals surface area contributed by atoms with Crippen LogP contribution in [0.4, 0.5) is 0 Å². The number of aryl methyl sites for hydroxylation is 2. The summed E-state index contributed by atoms with van der Waals surface area (Å²) in [5.41, 5.74) is 2.90. The van der Waals surface area contributed by atoms with Gasteiger partial charge in [-0.2, -0.15) is 0 Å². The molecule has 0 amide bonds. The van der Waals surface area contributed by atoms with Crippen molar-refractivity contribution in [2.75, 3.05) is 0 Å². The molecular formula is C15H11BrO2S. The molecule has 0 spiro atoms. The molecule has 2 nitrogen and oxygen atoms in total. The van der Waals surface area contributed by atoms with Crippen LogP contribution >= 0.6 is 27.3 Å². The van der Waals surface area contributed by atoms with Gasteiger partial charge >= 0.3 is 0 Å². The fraction of sp³-hybridized carbons (Fsp3) is 0.133. The van der Waals surface area contributed by atoms with E-state index in [1.54, 1.807) is 0 Å². The Hall–Kier alpha value is -1.39. The van der Waals surface area contributed by atoms with Crippen LogP contribution in [-0.4, -0.2) is 5.78 Å². The first-order valence-corrected chi connectivity index (χ1v) is 7.47. The molecule has 0 saturated heterocycles. The summed E-state index contributed by atoms with van der Waals surface area (Å²) in [6.07, 6.45) is 0. The highest BCUT2D eigenvalue weighted by atomic mass is 79.9. The van der Waals surface area contributed by atoms with E-state index in [1.165, 1.54) is 11.3 Å². The molecular weight excluding hydrogens is 324 g/mol. The summed E-state index contributed by atoms with van der Waals surface area (Å²) in [6, 6.07) is 9.60. The first-order chi connectivity index (χ1) is 9.06. The van der Waals surface area contributed by atoms with Gasteiger partial charge in [-0.3, -0.25) is 4.79 Å². The van der Waals surface area contributed by atoms with Crippen LogP contribution in [0.25, 0.3) is 11.0 Å². The van der Waals surface area contributed by atoms with Gasteiger partial charge in [-0.05, 0) is 53.0 Å². The molecule has 19 heavy (non-hydrogen) atoms. The average Bonchev–Trinajstić information content (AvgIpc) is 2.94. The molecule has 1 aromatic carbocycles. The quantitative estimate of drug-likeness (QED) is 0.610. The Balaban J connectivity index is 2.09. The van der Waals surface area contributed by atoms with Crippen LogP contribution in [0.1, 0.15) is 26.6 Å². The number of hydrogen-bond donors (Lipinski definition) is 0. The molecule has 0 unspecified atom stereocenters. The number of thiophene rings is 1. The van der Waals surface area contributed by atoms with E-state index < -0.39 is 0 Å². The Morgan fingerprint density at radius 3 is 2.63 bits per heavy atom. The number of benzene rings is 1. The Morgan fingerprint density at radius 1 is 1.21 bits per heavy atom. The largest absolute Gasteiger partial charge is 0.452 e. The normalized spacial score (nSPS) is 11.1. The number of carbonyl (C=O) groups is 1. The molecule has 0 radical (unpaired) electrons. The second-order valence-corrected chi connectivity index (χ2v) is 6.87. The van der Waals surface area contributed by atoms with Gasteiger partial charge in [0, 0.05) is 5.39 Å². The third-order valence-electron chi connectivity index (χ3n) is 3.05. The highest BCUT2D eigenvalue weighted by molar-refractivity contribution is 9.11. The van der Waals surface area contributed by atoms with E-state index in [9.17, 15) is 4.79 Å². The van der Waals surface area contributed by atoms with Crippen molar-refractivity contribution < 1.29 is 9.21 Å². The number of ketones is 1. The van der Waals surface area contributed by atoms with E-state index in [-0.39, 0.29) is 5.78 Å². The SMILES string of the molecule is Cc1cc(C(=O)c2cc3cccc(C)c3o2)sc1Br. The summed E-state index contributed by atoms with van der Waals surface area (Å²) < 4.78 is 6.69. The van der Waals surface area contributed by atoms with Crippen LogP contribution in [0.15, 0.2) is 38.5 Å². The minimum atomic E-state index is -0.0607. The predicted molar refractivity (Wildman–Crippen MR) is 81.1 cm³/mol. The van der Waals surface area contributed by atoms with Gasteiger partial charge in [0.2, 0.25) is 5.78 Å². The molecule has 0 N–H and O–H groups in total. The van der Waals surface area contributed by atoms with E-state index in [4.69, 9.17) is 4.42 Å². The van der Waals surface area contributed by atoms with Gasteiger partial charge in [-0.25, -0.2) is 0 Å². The lowest BCUT2D eigenvalue weighted by Crippen LogP contribution is -1.95. The molecule has 0 aliphatic heterocycles. The summed E-state index contributed by atoms with van der Waals surface area (Å²) in [5.74, 6) is 0.340. The fourth-order valence-electron chi connectivity index (χ4n) is 2.01. The van der Waals surface area contributed by atoms with Gasteiger partial charge in [0.15, 0.2) is 5.76 Å². The molecule has 3 aromatic rings. The molecule has 4 heteroatoms. The standard InChI is InChI=1S/C15H11BrO2S/c1-8-4-3-5-10-7-11(18-14(8)10)13(17)12-6-9(2)15(16)19-12/h3-7H,1-2H3. The summed E-state index contributed by atoms with van der Waals surface area (Å²) in [4.78, 5) is 13.1. The molecule has 0 atom stereocenters. The lowest BCUT2D eigenvalue weighted by molar-refractivity contribution is 0.101. The van der Waals surface area contributed by atoms with Crippen LogP contribution in [0, 0.1) is 13.8 Å². The number of halogens is 1. The number of para-hydroxylation sites is 1. The highest BCUT2D eigenvalue weighted by Crippen LogP contribution is 2.31. The molecule has 0 saturated carbocycles. The third-order valence-corrected chi connectivity index (χ3v) is 5.18. The van der Waals surface area contributed by atoms with Crippen molar-refractivity contribution in [1.29, 1.82) is 0 Å². The van der Waals surface area contributed by atoms with E-state index in [1.807, 2.05) is 44.2 Å². The van der Waals surface area contributed by atoms with Gasteiger partial charge < -0.3 is 4.42 Å². The van der Waals surface area contributed by atoms with E-state index in [0.29, 0.717) is 10.6 Å². The lowest BCUT2D eigenvalue weighted by atomic mass is 10.1. The molecule has 0 aliphatic carbocycles. The zero-order valence-electron chi connectivity index (χ0n) is 10.5. The first-order valence-electron chi connectivity index (χ1n) is 5.86. The number of hydrogen-bond acceptors (Lipinski definition) is 3.